The van der Waals surface area contributed by atoms with E-state index in [1.807, 2.05) is 46.6 Å². The quantitative estimate of drug-likeness (QED) is 0.592. The smallest absolute Gasteiger partial charge is 0.257 e. The zero-order chi connectivity index (χ0) is 23.8. The number of likely N-dealkylation sites (N-methyl/N-ethyl adjacent to an activating group) is 2. The summed E-state index contributed by atoms with van der Waals surface area (Å²) in [5.74, 6) is -0.548. The van der Waals surface area contributed by atoms with Crippen LogP contribution in [0.2, 0.25) is 0 Å². The number of hydrogen-bond donors (Lipinski definition) is 1. The van der Waals surface area contributed by atoms with Crippen LogP contribution in [-0.2, 0) is 11.3 Å². The van der Waals surface area contributed by atoms with Crippen molar-refractivity contribution in [2.24, 2.45) is 5.92 Å². The van der Waals surface area contributed by atoms with E-state index >= 15 is 0 Å². The molecule has 1 N–H and O–H groups in total. The Morgan fingerprint density at radius 1 is 1.16 bits per heavy atom. The van der Waals surface area contributed by atoms with Gasteiger partial charge < -0.3 is 15.1 Å². The molecule has 0 aliphatic heterocycles. The second-order valence-electron chi connectivity index (χ2n) is 8.34. The molecule has 174 valence electrons. The van der Waals surface area contributed by atoms with E-state index in [4.69, 9.17) is 0 Å². The van der Waals surface area contributed by atoms with E-state index in [2.05, 4.69) is 15.2 Å². The second-order valence-corrected chi connectivity index (χ2v) is 8.34. The van der Waals surface area contributed by atoms with Crippen molar-refractivity contribution in [3.63, 3.8) is 0 Å². The Kier molecular flexibility index (Phi) is 9.32. The molecule has 32 heavy (non-hydrogen) atoms. The largest absolute Gasteiger partial charge is 0.341 e. The Balaban J connectivity index is 2.07. The molecular weight excluding hydrogens is 407 g/mol. The molecule has 7 heteroatoms. The average molecular weight is 443 g/mol. The van der Waals surface area contributed by atoms with Crippen LogP contribution in [-0.4, -0.2) is 53.3 Å². The molecule has 0 aliphatic rings. The van der Waals surface area contributed by atoms with Crippen LogP contribution in [0.1, 0.15) is 54.4 Å². The number of rotatable bonds is 10. The molecule has 1 aromatic heterocycles. The molecule has 0 aliphatic carbocycles. The lowest BCUT2D eigenvalue weighted by Gasteiger charge is -2.27. The minimum atomic E-state index is -0.404. The molecule has 0 spiro atoms. The van der Waals surface area contributed by atoms with Crippen LogP contribution in [0.4, 0.5) is 10.1 Å². The molecule has 0 saturated carbocycles. The first-order valence-corrected chi connectivity index (χ1v) is 11.2. The molecule has 2 amide bonds. The summed E-state index contributed by atoms with van der Waals surface area (Å²) in [5.41, 5.74) is 3.29. The highest BCUT2D eigenvalue weighted by atomic mass is 19.1. The van der Waals surface area contributed by atoms with Gasteiger partial charge in [-0.05, 0) is 69.6 Å². The van der Waals surface area contributed by atoms with Gasteiger partial charge in [0, 0.05) is 49.7 Å². The van der Waals surface area contributed by atoms with Crippen molar-refractivity contribution >= 4 is 17.5 Å². The third kappa shape index (κ3) is 6.85. The summed E-state index contributed by atoms with van der Waals surface area (Å²) in [6.07, 6.45) is 2.33. The van der Waals surface area contributed by atoms with Gasteiger partial charge in [-0.2, -0.15) is 0 Å². The molecule has 0 saturated heterocycles. The fourth-order valence-corrected chi connectivity index (χ4v) is 3.40. The molecular formula is C25H35FN4O2. The van der Waals surface area contributed by atoms with Crippen molar-refractivity contribution in [3.8, 4) is 0 Å². The second kappa shape index (κ2) is 11.7. The Hall–Kier alpha value is -2.80. The van der Waals surface area contributed by atoms with Crippen molar-refractivity contribution < 1.29 is 14.0 Å². The van der Waals surface area contributed by atoms with E-state index < -0.39 is 5.82 Å². The lowest BCUT2D eigenvalue weighted by molar-refractivity contribution is -0.135. The molecule has 2 rings (SSSR count). The van der Waals surface area contributed by atoms with Gasteiger partial charge in [0.15, 0.2) is 0 Å². The van der Waals surface area contributed by atoms with Gasteiger partial charge in [0.1, 0.15) is 5.82 Å². The van der Waals surface area contributed by atoms with Gasteiger partial charge in [0.2, 0.25) is 5.91 Å². The van der Waals surface area contributed by atoms with Gasteiger partial charge in [-0.1, -0.05) is 13.8 Å². The van der Waals surface area contributed by atoms with Crippen LogP contribution in [0, 0.1) is 25.6 Å². The minimum Gasteiger partial charge on any atom is -0.341 e. The van der Waals surface area contributed by atoms with Crippen molar-refractivity contribution in [2.45, 2.75) is 47.6 Å². The molecule has 0 radical (unpaired) electrons. The Bertz CT molecular complexity index is 930. The number of aromatic nitrogens is 1. The Labute approximate surface area is 190 Å². The van der Waals surface area contributed by atoms with E-state index in [1.165, 1.54) is 18.3 Å². The lowest BCUT2D eigenvalue weighted by atomic mass is 10.1. The van der Waals surface area contributed by atoms with Gasteiger partial charge in [-0.15, -0.1) is 0 Å². The number of nitrogens with one attached hydrogen (secondary N) is 1. The molecule has 2 aromatic rings. The van der Waals surface area contributed by atoms with Crippen LogP contribution in [0.15, 0.2) is 30.5 Å². The van der Waals surface area contributed by atoms with Gasteiger partial charge >= 0.3 is 0 Å². The van der Waals surface area contributed by atoms with Crippen molar-refractivity contribution in [1.29, 1.82) is 0 Å². The molecule has 1 atom stereocenters. The molecule has 1 aromatic carbocycles. The van der Waals surface area contributed by atoms with E-state index in [-0.39, 0.29) is 17.7 Å². The maximum absolute atomic E-state index is 14.3. The third-order valence-corrected chi connectivity index (χ3v) is 5.82. The number of amides is 2. The SMILES string of the molecule is CCC(C)C(=O)N(CC)CCN(C)Cc1cc(F)cc(NC(=O)c2ccc(C)nc2)c1C. The standard InChI is InChI=1S/C25H35FN4O2/c1-7-17(3)25(32)30(8-2)12-11-29(6)16-21-13-22(26)14-23(19(21)5)28-24(31)20-10-9-18(4)27-15-20/h9-10,13-15,17H,7-8,11-12,16H2,1-6H3,(H,28,31). The summed E-state index contributed by atoms with van der Waals surface area (Å²) in [4.78, 5) is 33.1. The van der Waals surface area contributed by atoms with E-state index in [0.29, 0.717) is 37.4 Å². The number of hydrogen-bond acceptors (Lipinski definition) is 4. The number of carbonyl (C=O) groups is 2. The molecule has 6 nitrogen and oxygen atoms in total. The van der Waals surface area contributed by atoms with Crippen molar-refractivity contribution in [2.75, 3.05) is 32.0 Å². The van der Waals surface area contributed by atoms with Gasteiger partial charge in [0.25, 0.3) is 5.91 Å². The predicted molar refractivity (Wildman–Crippen MR) is 126 cm³/mol. The number of carbonyl (C=O) groups excluding carboxylic acids is 2. The number of nitrogens with zero attached hydrogens (tertiary/aromatic N) is 3. The number of pyridine rings is 1. The van der Waals surface area contributed by atoms with Gasteiger partial charge in [0.05, 0.1) is 5.56 Å². The van der Waals surface area contributed by atoms with Gasteiger partial charge in [-0.25, -0.2) is 4.39 Å². The summed E-state index contributed by atoms with van der Waals surface area (Å²) < 4.78 is 14.3. The van der Waals surface area contributed by atoms with Crippen LogP contribution in [0.25, 0.3) is 0 Å². The maximum atomic E-state index is 14.3. The zero-order valence-corrected chi connectivity index (χ0v) is 20.0. The number of benzene rings is 1. The fourth-order valence-electron chi connectivity index (χ4n) is 3.40. The maximum Gasteiger partial charge on any atom is 0.257 e. The Morgan fingerprint density at radius 2 is 1.88 bits per heavy atom. The summed E-state index contributed by atoms with van der Waals surface area (Å²) in [6, 6.07) is 6.29. The van der Waals surface area contributed by atoms with Crippen LogP contribution in [0.3, 0.4) is 0 Å². The first-order valence-electron chi connectivity index (χ1n) is 11.2. The van der Waals surface area contributed by atoms with Crippen molar-refractivity contribution in [3.05, 3.63) is 58.7 Å². The highest BCUT2D eigenvalue weighted by molar-refractivity contribution is 6.04. The van der Waals surface area contributed by atoms with E-state index in [1.54, 1.807) is 12.1 Å². The molecule has 0 fully saturated rings. The number of anilines is 1. The van der Waals surface area contributed by atoms with Crippen LogP contribution in [0.5, 0.6) is 0 Å². The highest BCUT2D eigenvalue weighted by Gasteiger charge is 2.18. The number of halogens is 1. The summed E-state index contributed by atoms with van der Waals surface area (Å²) >= 11 is 0. The van der Waals surface area contributed by atoms with Gasteiger partial charge in [-0.3, -0.25) is 14.6 Å². The average Bonchev–Trinajstić information content (AvgIpc) is 2.76. The third-order valence-electron chi connectivity index (χ3n) is 5.82. The topological polar surface area (TPSA) is 65.5 Å². The molecule has 0 bridgehead atoms. The fraction of sp³-hybridized carbons (Fsp3) is 0.480. The van der Waals surface area contributed by atoms with Crippen LogP contribution >= 0.6 is 0 Å². The Morgan fingerprint density at radius 3 is 2.47 bits per heavy atom. The minimum absolute atomic E-state index is 0.0145. The van der Waals surface area contributed by atoms with Crippen LogP contribution < -0.4 is 5.32 Å². The lowest BCUT2D eigenvalue weighted by Crippen LogP contribution is -2.39. The summed E-state index contributed by atoms with van der Waals surface area (Å²) in [6.45, 7) is 12.1. The highest BCUT2D eigenvalue weighted by Crippen LogP contribution is 2.23. The normalized spacial score (nSPS) is 12.0. The first-order chi connectivity index (χ1) is 15.2. The molecule has 1 heterocycles. The predicted octanol–water partition coefficient (Wildman–Crippen LogP) is 4.42. The zero-order valence-electron chi connectivity index (χ0n) is 20.0. The number of aryl methyl sites for hydroxylation is 1. The summed E-state index contributed by atoms with van der Waals surface area (Å²) in [7, 11) is 1.95. The van der Waals surface area contributed by atoms with Crippen molar-refractivity contribution in [1.82, 2.24) is 14.8 Å². The monoisotopic (exact) mass is 442 g/mol. The summed E-state index contributed by atoms with van der Waals surface area (Å²) in [5, 5.41) is 2.80. The van der Waals surface area contributed by atoms with E-state index in [0.717, 1.165) is 23.2 Å². The molecule has 1 unspecified atom stereocenters. The van der Waals surface area contributed by atoms with E-state index in [9.17, 15) is 14.0 Å². The first kappa shape index (κ1) is 25.5.